The van der Waals surface area contributed by atoms with E-state index in [0.717, 1.165) is 6.08 Å². The molecule has 1 aromatic rings. The van der Waals surface area contributed by atoms with Gasteiger partial charge in [-0.25, -0.2) is 0 Å². The normalized spacial score (nSPS) is 14.3. The van der Waals surface area contributed by atoms with Crippen LogP contribution in [0.5, 0.6) is 5.75 Å². The molecule has 0 aromatic heterocycles. The fourth-order valence-electron chi connectivity index (χ4n) is 1.64. The first-order valence-electron chi connectivity index (χ1n) is 4.31. The van der Waals surface area contributed by atoms with Crippen molar-refractivity contribution in [3.63, 3.8) is 0 Å². The predicted octanol–water partition coefficient (Wildman–Crippen LogP) is 2.29. The molecule has 0 amide bonds. The van der Waals surface area contributed by atoms with E-state index in [4.69, 9.17) is 11.6 Å². The summed E-state index contributed by atoms with van der Waals surface area (Å²) >= 11 is 5.73. The van der Waals surface area contributed by atoms with Crippen molar-refractivity contribution in [2.24, 2.45) is 0 Å². The third kappa shape index (κ3) is 1.36. The number of allylic oxidation sites excluding steroid dienone is 2. The minimum Gasteiger partial charge on any atom is -0.506 e. The number of benzene rings is 1. The van der Waals surface area contributed by atoms with E-state index in [-0.39, 0.29) is 27.7 Å². The molecule has 0 unspecified atom stereocenters. The van der Waals surface area contributed by atoms with Crippen LogP contribution in [0.4, 0.5) is 0 Å². The lowest BCUT2D eigenvalue weighted by Gasteiger charge is -2.14. The molecule has 15 heavy (non-hydrogen) atoms. The van der Waals surface area contributed by atoms with E-state index in [1.165, 1.54) is 12.1 Å². The standard InChI is InChI=1S/C11H7ClO3/c1-5-4-6(12)11(15)10-8(14)3-2-7(13)9(5)10/h2-4,15H,1H3. The molecule has 1 N–H and O–H groups in total. The number of halogens is 1. The number of aromatic hydroxyl groups is 1. The Balaban J connectivity index is 2.87. The Morgan fingerprint density at radius 1 is 1.13 bits per heavy atom. The molecule has 1 aliphatic carbocycles. The Morgan fingerprint density at radius 2 is 1.67 bits per heavy atom. The third-order valence-electron chi connectivity index (χ3n) is 2.33. The molecule has 1 aromatic carbocycles. The maximum absolute atomic E-state index is 11.5. The van der Waals surface area contributed by atoms with Gasteiger partial charge in [-0.05, 0) is 30.7 Å². The molecular weight excluding hydrogens is 216 g/mol. The Bertz CT molecular complexity index is 515. The molecule has 76 valence electrons. The molecule has 0 saturated heterocycles. The summed E-state index contributed by atoms with van der Waals surface area (Å²) in [4.78, 5) is 23.0. The van der Waals surface area contributed by atoms with Gasteiger partial charge in [-0.3, -0.25) is 9.59 Å². The molecule has 0 fully saturated rings. The van der Waals surface area contributed by atoms with Gasteiger partial charge in [0.2, 0.25) is 0 Å². The smallest absolute Gasteiger partial charge is 0.190 e. The minimum absolute atomic E-state index is 0.00694. The van der Waals surface area contributed by atoms with Crippen LogP contribution < -0.4 is 0 Å². The van der Waals surface area contributed by atoms with E-state index >= 15 is 0 Å². The first-order valence-corrected chi connectivity index (χ1v) is 4.69. The summed E-state index contributed by atoms with van der Waals surface area (Å²) in [5.74, 6) is -0.998. The maximum Gasteiger partial charge on any atom is 0.190 e. The van der Waals surface area contributed by atoms with Crippen molar-refractivity contribution in [2.75, 3.05) is 0 Å². The number of aryl methyl sites for hydroxylation is 1. The molecule has 0 saturated carbocycles. The number of carbonyl (C=O) groups is 2. The topological polar surface area (TPSA) is 54.4 Å². The van der Waals surface area contributed by atoms with Crippen LogP contribution in [0.2, 0.25) is 5.02 Å². The Morgan fingerprint density at radius 3 is 2.27 bits per heavy atom. The number of phenolic OH excluding ortho intramolecular Hbond substituents is 1. The van der Waals surface area contributed by atoms with Crippen molar-refractivity contribution in [3.8, 4) is 5.75 Å². The van der Waals surface area contributed by atoms with Crippen molar-refractivity contribution in [1.82, 2.24) is 0 Å². The summed E-state index contributed by atoms with van der Waals surface area (Å²) in [6, 6.07) is 1.47. The van der Waals surface area contributed by atoms with Crippen LogP contribution in [-0.4, -0.2) is 16.7 Å². The van der Waals surface area contributed by atoms with Crippen molar-refractivity contribution < 1.29 is 14.7 Å². The molecule has 2 rings (SSSR count). The highest BCUT2D eigenvalue weighted by Crippen LogP contribution is 2.35. The van der Waals surface area contributed by atoms with E-state index in [0.29, 0.717) is 5.56 Å². The van der Waals surface area contributed by atoms with Gasteiger partial charge in [0.05, 0.1) is 10.6 Å². The number of rotatable bonds is 0. The van der Waals surface area contributed by atoms with Gasteiger partial charge in [0, 0.05) is 5.56 Å². The summed E-state index contributed by atoms with van der Waals surface area (Å²) in [7, 11) is 0. The number of hydrogen-bond donors (Lipinski definition) is 1. The number of fused-ring (bicyclic) bond motifs is 1. The molecule has 0 spiro atoms. The molecule has 0 heterocycles. The number of phenols is 1. The van der Waals surface area contributed by atoms with Crippen LogP contribution in [-0.2, 0) is 0 Å². The zero-order valence-corrected chi connectivity index (χ0v) is 8.63. The average molecular weight is 223 g/mol. The van der Waals surface area contributed by atoms with E-state index in [1.54, 1.807) is 6.92 Å². The average Bonchev–Trinajstić information content (AvgIpc) is 2.18. The van der Waals surface area contributed by atoms with Crippen LogP contribution in [0.25, 0.3) is 0 Å². The quantitative estimate of drug-likeness (QED) is 0.733. The second-order valence-corrected chi connectivity index (χ2v) is 3.74. The SMILES string of the molecule is Cc1cc(Cl)c(O)c2c1C(=O)C=CC2=O. The lowest BCUT2D eigenvalue weighted by Crippen LogP contribution is -2.13. The molecule has 0 radical (unpaired) electrons. The number of ketones is 2. The van der Waals surface area contributed by atoms with E-state index in [2.05, 4.69) is 0 Å². The highest BCUT2D eigenvalue weighted by atomic mass is 35.5. The van der Waals surface area contributed by atoms with Gasteiger partial charge < -0.3 is 5.11 Å². The van der Waals surface area contributed by atoms with Gasteiger partial charge in [0.25, 0.3) is 0 Å². The lowest BCUT2D eigenvalue weighted by atomic mass is 9.90. The summed E-state index contributed by atoms with van der Waals surface area (Å²) in [5.41, 5.74) is 0.840. The molecule has 0 aliphatic heterocycles. The fourth-order valence-corrected chi connectivity index (χ4v) is 1.90. The highest BCUT2D eigenvalue weighted by molar-refractivity contribution is 6.34. The summed E-state index contributed by atoms with van der Waals surface area (Å²) in [6.07, 6.45) is 2.34. The molecule has 0 bridgehead atoms. The second kappa shape index (κ2) is 3.21. The zero-order chi connectivity index (χ0) is 11.2. The maximum atomic E-state index is 11.5. The van der Waals surface area contributed by atoms with Crippen LogP contribution in [0, 0.1) is 6.92 Å². The third-order valence-corrected chi connectivity index (χ3v) is 2.62. The van der Waals surface area contributed by atoms with Crippen LogP contribution in [0.1, 0.15) is 26.3 Å². The van der Waals surface area contributed by atoms with Crippen molar-refractivity contribution in [2.45, 2.75) is 6.92 Å². The molecule has 3 nitrogen and oxygen atoms in total. The van der Waals surface area contributed by atoms with E-state index < -0.39 is 5.78 Å². The van der Waals surface area contributed by atoms with Crippen LogP contribution >= 0.6 is 11.6 Å². The van der Waals surface area contributed by atoms with Gasteiger partial charge >= 0.3 is 0 Å². The summed E-state index contributed by atoms with van der Waals surface area (Å²) in [6.45, 7) is 1.68. The highest BCUT2D eigenvalue weighted by Gasteiger charge is 2.26. The summed E-state index contributed by atoms with van der Waals surface area (Å²) in [5, 5.41) is 9.70. The Hall–Kier alpha value is -1.61. The van der Waals surface area contributed by atoms with Gasteiger partial charge in [-0.2, -0.15) is 0 Å². The first kappa shape index (κ1) is 9.93. The first-order chi connectivity index (χ1) is 7.02. The van der Waals surface area contributed by atoms with Crippen LogP contribution in [0.15, 0.2) is 18.2 Å². The van der Waals surface area contributed by atoms with Gasteiger partial charge in [-0.1, -0.05) is 11.6 Å². The lowest BCUT2D eigenvalue weighted by molar-refractivity contribution is 0.0991. The second-order valence-electron chi connectivity index (χ2n) is 3.34. The van der Waals surface area contributed by atoms with Gasteiger partial charge in [-0.15, -0.1) is 0 Å². The minimum atomic E-state index is -0.396. The Labute approximate surface area is 91.0 Å². The Kier molecular flexibility index (Phi) is 2.12. The van der Waals surface area contributed by atoms with Gasteiger partial charge in [0.15, 0.2) is 11.6 Å². The largest absolute Gasteiger partial charge is 0.506 e. The van der Waals surface area contributed by atoms with E-state index in [9.17, 15) is 14.7 Å². The monoisotopic (exact) mass is 222 g/mol. The molecule has 0 atom stereocenters. The van der Waals surface area contributed by atoms with Crippen molar-refractivity contribution >= 4 is 23.2 Å². The molecular formula is C11H7ClO3. The predicted molar refractivity (Wildman–Crippen MR) is 55.7 cm³/mol. The van der Waals surface area contributed by atoms with Gasteiger partial charge in [0.1, 0.15) is 5.75 Å². The summed E-state index contributed by atoms with van der Waals surface area (Å²) < 4.78 is 0. The number of hydrogen-bond acceptors (Lipinski definition) is 3. The van der Waals surface area contributed by atoms with Crippen molar-refractivity contribution in [3.05, 3.63) is 39.9 Å². The fraction of sp³-hybridized carbons (Fsp3) is 0.0909. The zero-order valence-electron chi connectivity index (χ0n) is 7.87. The molecule has 1 aliphatic rings. The van der Waals surface area contributed by atoms with Crippen molar-refractivity contribution in [1.29, 1.82) is 0 Å². The van der Waals surface area contributed by atoms with Crippen LogP contribution in [0.3, 0.4) is 0 Å². The number of carbonyl (C=O) groups excluding carboxylic acids is 2. The van der Waals surface area contributed by atoms with E-state index in [1.807, 2.05) is 0 Å². The molecule has 4 heteroatoms.